The molecule has 0 aliphatic heterocycles. The minimum atomic E-state index is 0.656. The second-order valence-electron chi connectivity index (χ2n) is 1.66. The first-order valence-corrected chi connectivity index (χ1v) is 3.85. The van der Waals surface area contributed by atoms with Crippen LogP contribution in [0.2, 0.25) is 0 Å². The van der Waals surface area contributed by atoms with Crippen molar-refractivity contribution >= 4 is 22.9 Å². The zero-order valence-electron chi connectivity index (χ0n) is 4.65. The van der Waals surface area contributed by atoms with Crippen molar-refractivity contribution in [1.29, 1.82) is 0 Å². The van der Waals surface area contributed by atoms with Gasteiger partial charge >= 0.3 is 0 Å². The van der Waals surface area contributed by atoms with E-state index >= 15 is 0 Å². The Kier molecular flexibility index (Phi) is 1.92. The largest absolute Gasteiger partial charge is 0.147 e. The summed E-state index contributed by atoms with van der Waals surface area (Å²) in [5.74, 6) is 0.656. The summed E-state index contributed by atoms with van der Waals surface area (Å²) in [6.45, 7) is 2.08. The highest BCUT2D eigenvalue weighted by Gasteiger charge is 1.93. The van der Waals surface area contributed by atoms with Gasteiger partial charge in [-0.15, -0.1) is 22.9 Å². The third-order valence-corrected chi connectivity index (χ3v) is 2.54. The summed E-state index contributed by atoms with van der Waals surface area (Å²) in [4.78, 5) is 1.28. The van der Waals surface area contributed by atoms with Crippen LogP contribution in [0.15, 0.2) is 11.4 Å². The number of halogens is 1. The van der Waals surface area contributed by atoms with Crippen LogP contribution in [-0.4, -0.2) is 0 Å². The fourth-order valence-electron chi connectivity index (χ4n) is 0.541. The fraction of sp³-hybridized carbons (Fsp3) is 0.333. The lowest BCUT2D eigenvalue weighted by atomic mass is 10.3. The zero-order chi connectivity index (χ0) is 5.98. The molecule has 1 aromatic rings. The van der Waals surface area contributed by atoms with Crippen molar-refractivity contribution in [1.82, 2.24) is 0 Å². The Morgan fingerprint density at radius 3 is 2.75 bits per heavy atom. The molecule has 1 rings (SSSR count). The van der Waals surface area contributed by atoms with Gasteiger partial charge in [-0.25, -0.2) is 0 Å². The third kappa shape index (κ3) is 1.04. The summed E-state index contributed by atoms with van der Waals surface area (Å²) in [6.07, 6.45) is 0. The lowest BCUT2D eigenvalue weighted by Gasteiger charge is -1.86. The first-order valence-electron chi connectivity index (χ1n) is 2.43. The van der Waals surface area contributed by atoms with Crippen molar-refractivity contribution < 1.29 is 0 Å². The van der Waals surface area contributed by atoms with E-state index in [-0.39, 0.29) is 0 Å². The van der Waals surface area contributed by atoms with Gasteiger partial charge in [-0.05, 0) is 23.9 Å². The number of rotatable bonds is 1. The maximum atomic E-state index is 5.58. The Morgan fingerprint density at radius 1 is 1.75 bits per heavy atom. The molecule has 0 aliphatic carbocycles. The van der Waals surface area contributed by atoms with Crippen molar-refractivity contribution in [3.63, 3.8) is 0 Å². The highest BCUT2D eigenvalue weighted by Crippen LogP contribution is 2.16. The topological polar surface area (TPSA) is 0 Å². The average molecular weight is 147 g/mol. The van der Waals surface area contributed by atoms with Gasteiger partial charge in [-0.2, -0.15) is 0 Å². The second-order valence-corrected chi connectivity index (χ2v) is 2.93. The lowest BCUT2D eigenvalue weighted by Crippen LogP contribution is -1.70. The molecular weight excluding hydrogens is 140 g/mol. The molecule has 0 aromatic carbocycles. The van der Waals surface area contributed by atoms with Gasteiger partial charge in [-0.3, -0.25) is 0 Å². The maximum Gasteiger partial charge on any atom is 0.0570 e. The number of thiophene rings is 1. The first kappa shape index (κ1) is 6.12. The predicted octanol–water partition coefficient (Wildman–Crippen LogP) is 2.80. The molecular formula is C6H7ClS. The summed E-state index contributed by atoms with van der Waals surface area (Å²) < 4.78 is 0. The molecule has 0 saturated heterocycles. The van der Waals surface area contributed by atoms with Gasteiger partial charge in [0.15, 0.2) is 0 Å². The molecule has 0 nitrogen and oxygen atoms in total. The monoisotopic (exact) mass is 146 g/mol. The fourth-order valence-corrected chi connectivity index (χ4v) is 1.69. The second kappa shape index (κ2) is 2.51. The number of hydrogen-bond donors (Lipinski definition) is 0. The first-order chi connectivity index (χ1) is 3.84. The van der Waals surface area contributed by atoms with Crippen LogP contribution >= 0.6 is 22.9 Å². The number of alkyl halides is 1. The molecule has 0 aliphatic rings. The van der Waals surface area contributed by atoms with Crippen LogP contribution in [0.3, 0.4) is 0 Å². The highest BCUT2D eigenvalue weighted by atomic mass is 35.5. The normalized spacial score (nSPS) is 9.75. The summed E-state index contributed by atoms with van der Waals surface area (Å²) in [5, 5.41) is 2.06. The quantitative estimate of drug-likeness (QED) is 0.535. The maximum absolute atomic E-state index is 5.58. The minimum absolute atomic E-state index is 0.656. The van der Waals surface area contributed by atoms with Crippen LogP contribution < -0.4 is 0 Å². The Bertz CT molecular complexity index is 169. The van der Waals surface area contributed by atoms with Crippen LogP contribution in [-0.2, 0) is 5.88 Å². The van der Waals surface area contributed by atoms with Gasteiger partial charge in [0, 0.05) is 4.88 Å². The Morgan fingerprint density at radius 2 is 2.50 bits per heavy atom. The molecule has 8 heavy (non-hydrogen) atoms. The highest BCUT2D eigenvalue weighted by molar-refractivity contribution is 7.10. The summed E-state index contributed by atoms with van der Waals surface area (Å²) in [6, 6.07) is 2.09. The van der Waals surface area contributed by atoms with Crippen LogP contribution in [0.1, 0.15) is 10.4 Å². The van der Waals surface area contributed by atoms with Gasteiger partial charge in [0.05, 0.1) is 5.88 Å². The van der Waals surface area contributed by atoms with Gasteiger partial charge in [0.2, 0.25) is 0 Å². The standard InChI is InChI=1S/C6H7ClS/c1-5-2-3-8-6(5)4-7/h2-3H,4H2,1H3. The molecule has 0 fully saturated rings. The van der Waals surface area contributed by atoms with E-state index in [0.717, 1.165) is 0 Å². The van der Waals surface area contributed by atoms with Crippen LogP contribution in [0, 0.1) is 6.92 Å². The molecule has 0 saturated carbocycles. The van der Waals surface area contributed by atoms with Crippen LogP contribution in [0.5, 0.6) is 0 Å². The van der Waals surface area contributed by atoms with E-state index in [4.69, 9.17) is 11.6 Å². The molecule has 0 bridgehead atoms. The lowest BCUT2D eigenvalue weighted by molar-refractivity contribution is 1.40. The molecule has 0 N–H and O–H groups in total. The molecule has 0 spiro atoms. The molecule has 1 aromatic heterocycles. The van der Waals surface area contributed by atoms with Crippen molar-refractivity contribution in [2.75, 3.05) is 0 Å². The van der Waals surface area contributed by atoms with Gasteiger partial charge in [0.25, 0.3) is 0 Å². The van der Waals surface area contributed by atoms with Crippen LogP contribution in [0.4, 0.5) is 0 Å². The predicted molar refractivity (Wildman–Crippen MR) is 38.6 cm³/mol. The van der Waals surface area contributed by atoms with Gasteiger partial charge in [0.1, 0.15) is 0 Å². The summed E-state index contributed by atoms with van der Waals surface area (Å²) in [5.41, 5.74) is 1.31. The average Bonchev–Trinajstić information content (AvgIpc) is 2.14. The van der Waals surface area contributed by atoms with Crippen molar-refractivity contribution in [3.05, 3.63) is 21.9 Å². The Labute approximate surface area is 58.1 Å². The summed E-state index contributed by atoms with van der Waals surface area (Å²) >= 11 is 7.30. The van der Waals surface area contributed by atoms with Gasteiger partial charge in [-0.1, -0.05) is 0 Å². The van der Waals surface area contributed by atoms with E-state index in [9.17, 15) is 0 Å². The summed E-state index contributed by atoms with van der Waals surface area (Å²) in [7, 11) is 0. The van der Waals surface area contributed by atoms with Crippen molar-refractivity contribution in [2.45, 2.75) is 12.8 Å². The molecule has 0 unspecified atom stereocenters. The van der Waals surface area contributed by atoms with E-state index in [2.05, 4.69) is 18.4 Å². The molecule has 2 heteroatoms. The molecule has 1 heterocycles. The molecule has 0 radical (unpaired) electrons. The van der Waals surface area contributed by atoms with E-state index in [1.807, 2.05) is 0 Å². The SMILES string of the molecule is Cc1ccsc1CCl. The number of aryl methyl sites for hydroxylation is 1. The zero-order valence-corrected chi connectivity index (χ0v) is 6.22. The molecule has 44 valence electrons. The van der Waals surface area contributed by atoms with E-state index < -0.39 is 0 Å². The smallest absolute Gasteiger partial charge is 0.0570 e. The number of hydrogen-bond acceptors (Lipinski definition) is 1. The molecule has 0 atom stereocenters. The van der Waals surface area contributed by atoms with Crippen molar-refractivity contribution in [3.8, 4) is 0 Å². The third-order valence-electron chi connectivity index (χ3n) is 1.09. The van der Waals surface area contributed by atoms with Gasteiger partial charge < -0.3 is 0 Å². The van der Waals surface area contributed by atoms with Crippen LogP contribution in [0.25, 0.3) is 0 Å². The van der Waals surface area contributed by atoms with E-state index in [1.165, 1.54) is 10.4 Å². The van der Waals surface area contributed by atoms with E-state index in [0.29, 0.717) is 5.88 Å². The Balaban J connectivity index is 2.92. The molecule has 0 amide bonds. The van der Waals surface area contributed by atoms with E-state index in [1.54, 1.807) is 11.3 Å². The van der Waals surface area contributed by atoms with Crippen molar-refractivity contribution in [2.24, 2.45) is 0 Å². The Hall–Kier alpha value is -0.0100. The minimum Gasteiger partial charge on any atom is -0.147 e.